The van der Waals surface area contributed by atoms with Crippen LogP contribution < -0.4 is 11.3 Å². The van der Waals surface area contributed by atoms with E-state index >= 15 is 0 Å². The molecule has 0 bridgehead atoms. The molecular weight excluding hydrogens is 221 g/mol. The number of hydrogen-bond acceptors (Lipinski definition) is 2. The topological polar surface area (TPSA) is 48.0 Å². The maximum atomic E-state index is 12.6. The summed E-state index contributed by atoms with van der Waals surface area (Å²) in [6.45, 7) is 1.91. The Kier molecular flexibility index (Phi) is 3.74. The van der Waals surface area contributed by atoms with Crippen LogP contribution in [0.15, 0.2) is 23.0 Å². The summed E-state index contributed by atoms with van der Waals surface area (Å²) in [5.41, 5.74) is 3.74. The highest BCUT2D eigenvalue weighted by molar-refractivity contribution is 5.10. The lowest BCUT2D eigenvalue weighted by atomic mass is 10.1. The number of aromatic nitrogens is 1. The second-order valence-electron chi connectivity index (χ2n) is 3.70. The minimum Gasteiger partial charge on any atom is -0.330 e. The highest BCUT2D eigenvalue weighted by atomic mass is 19.4. The van der Waals surface area contributed by atoms with E-state index in [1.54, 1.807) is 6.92 Å². The molecule has 0 spiro atoms. The molecule has 2 N–H and O–H groups in total. The van der Waals surface area contributed by atoms with Gasteiger partial charge in [0.2, 0.25) is 0 Å². The Balaban J connectivity index is 3.20. The van der Waals surface area contributed by atoms with Crippen LogP contribution in [0, 0.1) is 5.92 Å². The fraction of sp³-hybridized carbons (Fsp3) is 0.500. The van der Waals surface area contributed by atoms with Crippen molar-refractivity contribution in [3.8, 4) is 0 Å². The zero-order chi connectivity index (χ0) is 12.3. The predicted molar refractivity (Wildman–Crippen MR) is 53.9 cm³/mol. The predicted octanol–water partition coefficient (Wildman–Crippen LogP) is 1.46. The molecule has 16 heavy (non-hydrogen) atoms. The molecule has 1 heterocycles. The first kappa shape index (κ1) is 12.8. The van der Waals surface area contributed by atoms with Crippen molar-refractivity contribution in [2.24, 2.45) is 11.7 Å². The largest absolute Gasteiger partial charge is 0.431 e. The van der Waals surface area contributed by atoms with Gasteiger partial charge in [-0.2, -0.15) is 13.2 Å². The van der Waals surface area contributed by atoms with Gasteiger partial charge in [-0.05, 0) is 18.5 Å². The number of hydrogen-bond donors (Lipinski definition) is 1. The Bertz CT molecular complexity index is 411. The van der Waals surface area contributed by atoms with E-state index in [0.29, 0.717) is 0 Å². The third kappa shape index (κ3) is 2.85. The van der Waals surface area contributed by atoms with Crippen LogP contribution in [0.1, 0.15) is 12.6 Å². The molecule has 1 unspecified atom stereocenters. The van der Waals surface area contributed by atoms with E-state index in [1.807, 2.05) is 0 Å². The molecular formula is C10H13F3N2O. The van der Waals surface area contributed by atoms with Crippen molar-refractivity contribution in [2.45, 2.75) is 19.6 Å². The molecule has 0 saturated carbocycles. The van der Waals surface area contributed by atoms with E-state index in [9.17, 15) is 18.0 Å². The summed E-state index contributed by atoms with van der Waals surface area (Å²) in [7, 11) is 0. The van der Waals surface area contributed by atoms with E-state index in [0.717, 1.165) is 22.8 Å². The van der Waals surface area contributed by atoms with Crippen LogP contribution in [0.5, 0.6) is 0 Å². The lowest BCUT2D eigenvalue weighted by Gasteiger charge is -2.17. The fourth-order valence-electron chi connectivity index (χ4n) is 1.34. The van der Waals surface area contributed by atoms with Gasteiger partial charge in [-0.1, -0.05) is 13.0 Å². The highest BCUT2D eigenvalue weighted by Gasteiger charge is 2.34. The fourth-order valence-corrected chi connectivity index (χ4v) is 1.34. The lowest BCUT2D eigenvalue weighted by molar-refractivity contribution is -0.144. The third-order valence-corrected chi connectivity index (χ3v) is 2.24. The SMILES string of the molecule is CC(CN)Cn1c(C(F)(F)F)cccc1=O. The first-order chi connectivity index (χ1) is 7.36. The lowest BCUT2D eigenvalue weighted by Crippen LogP contribution is -2.31. The maximum Gasteiger partial charge on any atom is 0.431 e. The van der Waals surface area contributed by atoms with Crippen molar-refractivity contribution in [1.82, 2.24) is 4.57 Å². The summed E-state index contributed by atoms with van der Waals surface area (Å²) in [6, 6.07) is 3.11. The van der Waals surface area contributed by atoms with E-state index in [1.165, 1.54) is 0 Å². The zero-order valence-electron chi connectivity index (χ0n) is 8.79. The minimum atomic E-state index is -4.52. The first-order valence-corrected chi connectivity index (χ1v) is 4.83. The number of nitrogens with zero attached hydrogens (tertiary/aromatic N) is 1. The molecule has 1 atom stereocenters. The van der Waals surface area contributed by atoms with Crippen molar-refractivity contribution < 1.29 is 13.2 Å². The molecule has 1 rings (SSSR count). The molecule has 0 aliphatic heterocycles. The number of nitrogens with two attached hydrogens (primary N) is 1. The molecule has 1 aromatic rings. The second-order valence-corrected chi connectivity index (χ2v) is 3.70. The zero-order valence-corrected chi connectivity index (χ0v) is 8.79. The molecule has 0 aliphatic rings. The normalized spacial score (nSPS) is 13.8. The van der Waals surface area contributed by atoms with Crippen LogP contribution in [0.2, 0.25) is 0 Å². The Morgan fingerprint density at radius 2 is 2.06 bits per heavy atom. The van der Waals surface area contributed by atoms with Gasteiger partial charge in [-0.3, -0.25) is 4.79 Å². The van der Waals surface area contributed by atoms with E-state index < -0.39 is 17.4 Å². The number of alkyl halides is 3. The maximum absolute atomic E-state index is 12.6. The second kappa shape index (κ2) is 4.69. The number of pyridine rings is 1. The van der Waals surface area contributed by atoms with Gasteiger partial charge in [0.25, 0.3) is 5.56 Å². The Morgan fingerprint density at radius 1 is 1.44 bits per heavy atom. The van der Waals surface area contributed by atoms with Gasteiger partial charge in [-0.15, -0.1) is 0 Å². The molecule has 1 aromatic heterocycles. The van der Waals surface area contributed by atoms with E-state index in [4.69, 9.17) is 5.73 Å². The first-order valence-electron chi connectivity index (χ1n) is 4.83. The van der Waals surface area contributed by atoms with Crippen molar-refractivity contribution in [2.75, 3.05) is 6.54 Å². The summed E-state index contributed by atoms with van der Waals surface area (Å²) in [6.07, 6.45) is -4.52. The van der Waals surface area contributed by atoms with Crippen LogP contribution >= 0.6 is 0 Å². The molecule has 0 radical (unpaired) electrons. The molecule has 0 aromatic carbocycles. The Labute approximate surface area is 90.7 Å². The summed E-state index contributed by atoms with van der Waals surface area (Å²) < 4.78 is 38.5. The highest BCUT2D eigenvalue weighted by Crippen LogP contribution is 2.28. The molecule has 0 saturated heterocycles. The van der Waals surface area contributed by atoms with Crippen molar-refractivity contribution >= 4 is 0 Å². The van der Waals surface area contributed by atoms with Gasteiger partial charge >= 0.3 is 6.18 Å². The molecule has 3 nitrogen and oxygen atoms in total. The number of rotatable bonds is 3. The summed E-state index contributed by atoms with van der Waals surface area (Å²) in [5.74, 6) is -0.179. The molecule has 0 aliphatic carbocycles. The molecule has 0 fully saturated rings. The minimum absolute atomic E-state index is 0.0228. The summed E-state index contributed by atoms with van der Waals surface area (Å²) in [5, 5.41) is 0. The third-order valence-electron chi connectivity index (χ3n) is 2.24. The standard InChI is InChI=1S/C10H13F3N2O/c1-7(5-14)6-15-8(10(11,12)13)3-2-4-9(15)16/h2-4,7H,5-6,14H2,1H3. The van der Waals surface area contributed by atoms with Gasteiger partial charge in [-0.25, -0.2) is 0 Å². The Morgan fingerprint density at radius 3 is 2.56 bits per heavy atom. The van der Waals surface area contributed by atoms with Crippen LogP contribution in [0.4, 0.5) is 13.2 Å². The van der Waals surface area contributed by atoms with Crippen LogP contribution in [0.25, 0.3) is 0 Å². The monoisotopic (exact) mass is 234 g/mol. The van der Waals surface area contributed by atoms with Gasteiger partial charge in [0.15, 0.2) is 0 Å². The van der Waals surface area contributed by atoms with Crippen molar-refractivity contribution in [3.63, 3.8) is 0 Å². The van der Waals surface area contributed by atoms with Gasteiger partial charge in [0.05, 0.1) is 0 Å². The van der Waals surface area contributed by atoms with Crippen LogP contribution in [0.3, 0.4) is 0 Å². The molecule has 0 amide bonds. The Hall–Kier alpha value is -1.30. The van der Waals surface area contributed by atoms with Gasteiger partial charge in [0.1, 0.15) is 5.69 Å². The quantitative estimate of drug-likeness (QED) is 0.860. The van der Waals surface area contributed by atoms with Crippen molar-refractivity contribution in [1.29, 1.82) is 0 Å². The number of halogens is 3. The molecule has 6 heteroatoms. The smallest absolute Gasteiger partial charge is 0.330 e. The summed E-state index contributed by atoms with van der Waals surface area (Å²) >= 11 is 0. The van der Waals surface area contributed by atoms with Crippen molar-refractivity contribution in [3.05, 3.63) is 34.2 Å². The summed E-state index contributed by atoms with van der Waals surface area (Å²) in [4.78, 5) is 11.4. The van der Waals surface area contributed by atoms with E-state index in [2.05, 4.69) is 0 Å². The van der Waals surface area contributed by atoms with Crippen LogP contribution in [-0.2, 0) is 12.7 Å². The molecule has 90 valence electrons. The average molecular weight is 234 g/mol. The average Bonchev–Trinajstić information content (AvgIpc) is 2.19. The van der Waals surface area contributed by atoms with Gasteiger partial charge in [0, 0.05) is 12.6 Å². The van der Waals surface area contributed by atoms with Gasteiger partial charge < -0.3 is 10.3 Å². The van der Waals surface area contributed by atoms with Crippen LogP contribution in [-0.4, -0.2) is 11.1 Å². The van der Waals surface area contributed by atoms with E-state index in [-0.39, 0.29) is 19.0 Å².